The smallest absolute Gasteiger partial charge is 0.0889 e. The van der Waals surface area contributed by atoms with Crippen molar-refractivity contribution in [2.45, 2.75) is 31.6 Å². The molecule has 0 aliphatic carbocycles. The standard InChI is InChI=1S/C7H14N2S/c1-3-7(9)5-10-6(2)4-8/h6-7H,3,5,9H2,1-2H3. The molecule has 0 radical (unpaired) electrons. The number of nitrogens with zero attached hydrogens (tertiary/aromatic N) is 1. The zero-order valence-corrected chi connectivity index (χ0v) is 7.32. The quantitative estimate of drug-likeness (QED) is 0.672. The number of thioether (sulfide) groups is 1. The molecule has 58 valence electrons. The maximum absolute atomic E-state index is 8.41. The molecule has 0 saturated carbocycles. The van der Waals surface area contributed by atoms with E-state index in [4.69, 9.17) is 11.0 Å². The largest absolute Gasteiger partial charge is 0.327 e. The summed E-state index contributed by atoms with van der Waals surface area (Å²) in [7, 11) is 0. The molecule has 0 aromatic heterocycles. The number of hydrogen-bond acceptors (Lipinski definition) is 3. The maximum atomic E-state index is 8.41. The van der Waals surface area contributed by atoms with Gasteiger partial charge in [-0.05, 0) is 13.3 Å². The second kappa shape index (κ2) is 5.57. The van der Waals surface area contributed by atoms with Crippen molar-refractivity contribution in [2.24, 2.45) is 5.73 Å². The first-order valence-electron chi connectivity index (χ1n) is 3.47. The highest BCUT2D eigenvalue weighted by Crippen LogP contribution is 2.10. The van der Waals surface area contributed by atoms with Gasteiger partial charge in [-0.1, -0.05) is 6.92 Å². The Morgan fingerprint density at radius 2 is 2.30 bits per heavy atom. The van der Waals surface area contributed by atoms with Gasteiger partial charge in [-0.25, -0.2) is 0 Å². The van der Waals surface area contributed by atoms with E-state index < -0.39 is 0 Å². The molecule has 0 bridgehead atoms. The molecule has 0 aliphatic heterocycles. The fraction of sp³-hybridized carbons (Fsp3) is 0.857. The van der Waals surface area contributed by atoms with Gasteiger partial charge >= 0.3 is 0 Å². The highest BCUT2D eigenvalue weighted by atomic mass is 32.2. The van der Waals surface area contributed by atoms with Crippen LogP contribution in [0.25, 0.3) is 0 Å². The van der Waals surface area contributed by atoms with Gasteiger partial charge in [-0.15, -0.1) is 11.8 Å². The summed E-state index contributed by atoms with van der Waals surface area (Å²) in [4.78, 5) is 0. The molecule has 0 aromatic rings. The average Bonchev–Trinajstić information content (AvgIpc) is 1.99. The minimum absolute atomic E-state index is 0.0811. The molecule has 0 heterocycles. The van der Waals surface area contributed by atoms with Crippen LogP contribution in [0.2, 0.25) is 0 Å². The second-order valence-electron chi connectivity index (χ2n) is 2.27. The first kappa shape index (κ1) is 9.80. The number of nitrogens with two attached hydrogens (primary N) is 1. The summed E-state index contributed by atoms with van der Waals surface area (Å²) in [6.45, 7) is 3.95. The minimum Gasteiger partial charge on any atom is -0.327 e. The van der Waals surface area contributed by atoms with E-state index in [1.165, 1.54) is 0 Å². The highest BCUT2D eigenvalue weighted by Gasteiger charge is 2.03. The molecule has 0 spiro atoms. The molecule has 2 nitrogen and oxygen atoms in total. The summed E-state index contributed by atoms with van der Waals surface area (Å²) in [6.07, 6.45) is 0.991. The Hall–Kier alpha value is -0.200. The summed E-state index contributed by atoms with van der Waals surface area (Å²) >= 11 is 1.62. The highest BCUT2D eigenvalue weighted by molar-refractivity contribution is 8.00. The molecule has 0 fully saturated rings. The molecular formula is C7H14N2S. The van der Waals surface area contributed by atoms with Crippen LogP contribution in [0.5, 0.6) is 0 Å². The normalized spacial score (nSPS) is 15.8. The Morgan fingerprint density at radius 1 is 1.70 bits per heavy atom. The lowest BCUT2D eigenvalue weighted by Gasteiger charge is -2.07. The number of rotatable bonds is 4. The Morgan fingerprint density at radius 3 is 2.70 bits per heavy atom. The molecule has 10 heavy (non-hydrogen) atoms. The fourth-order valence-electron chi connectivity index (χ4n) is 0.423. The lowest BCUT2D eigenvalue weighted by Crippen LogP contribution is -2.22. The van der Waals surface area contributed by atoms with Crippen molar-refractivity contribution in [1.29, 1.82) is 5.26 Å². The van der Waals surface area contributed by atoms with E-state index >= 15 is 0 Å². The van der Waals surface area contributed by atoms with Crippen molar-refractivity contribution in [1.82, 2.24) is 0 Å². The van der Waals surface area contributed by atoms with E-state index in [-0.39, 0.29) is 11.3 Å². The first-order valence-corrected chi connectivity index (χ1v) is 4.52. The van der Waals surface area contributed by atoms with E-state index in [2.05, 4.69) is 13.0 Å². The summed E-state index contributed by atoms with van der Waals surface area (Å²) in [6, 6.07) is 2.40. The van der Waals surface area contributed by atoms with Crippen LogP contribution in [-0.4, -0.2) is 17.0 Å². The zero-order valence-electron chi connectivity index (χ0n) is 6.50. The van der Waals surface area contributed by atoms with Crippen LogP contribution in [0.15, 0.2) is 0 Å². The third kappa shape index (κ3) is 4.66. The van der Waals surface area contributed by atoms with Crippen LogP contribution in [0.3, 0.4) is 0 Å². The second-order valence-corrected chi connectivity index (χ2v) is 3.65. The molecular weight excluding hydrogens is 144 g/mol. The maximum Gasteiger partial charge on any atom is 0.0889 e. The van der Waals surface area contributed by atoms with E-state index in [1.54, 1.807) is 11.8 Å². The van der Waals surface area contributed by atoms with Gasteiger partial charge in [0, 0.05) is 11.8 Å². The Balaban J connectivity index is 3.28. The molecule has 2 unspecified atom stereocenters. The van der Waals surface area contributed by atoms with Crippen molar-refractivity contribution in [2.75, 3.05) is 5.75 Å². The number of hydrogen-bond donors (Lipinski definition) is 1. The summed E-state index contributed by atoms with van der Waals surface area (Å²) < 4.78 is 0. The summed E-state index contributed by atoms with van der Waals surface area (Å²) in [5.74, 6) is 0.894. The summed E-state index contributed by atoms with van der Waals surface area (Å²) in [5, 5.41) is 8.49. The van der Waals surface area contributed by atoms with Crippen LogP contribution in [0.4, 0.5) is 0 Å². The monoisotopic (exact) mass is 158 g/mol. The molecule has 0 aliphatic rings. The van der Waals surface area contributed by atoms with Gasteiger partial charge in [0.15, 0.2) is 0 Å². The van der Waals surface area contributed by atoms with Crippen LogP contribution in [0, 0.1) is 11.3 Å². The van der Waals surface area contributed by atoms with Gasteiger partial charge < -0.3 is 5.73 Å². The van der Waals surface area contributed by atoms with Crippen LogP contribution < -0.4 is 5.73 Å². The van der Waals surface area contributed by atoms with Crippen LogP contribution in [-0.2, 0) is 0 Å². The van der Waals surface area contributed by atoms with Gasteiger partial charge in [0.05, 0.1) is 11.3 Å². The Bertz CT molecular complexity index is 119. The Kier molecular flexibility index (Phi) is 5.46. The van der Waals surface area contributed by atoms with E-state index in [0.29, 0.717) is 0 Å². The molecule has 0 rings (SSSR count). The third-order valence-electron chi connectivity index (χ3n) is 1.27. The van der Waals surface area contributed by atoms with Gasteiger partial charge in [0.25, 0.3) is 0 Å². The van der Waals surface area contributed by atoms with Gasteiger partial charge in [0.1, 0.15) is 0 Å². The molecule has 0 saturated heterocycles. The lowest BCUT2D eigenvalue weighted by atomic mass is 10.3. The van der Waals surface area contributed by atoms with E-state index in [0.717, 1.165) is 12.2 Å². The molecule has 2 N–H and O–H groups in total. The van der Waals surface area contributed by atoms with Gasteiger partial charge in [-0.3, -0.25) is 0 Å². The molecule has 0 amide bonds. The topological polar surface area (TPSA) is 49.8 Å². The molecule has 2 atom stereocenters. The predicted molar refractivity (Wildman–Crippen MR) is 45.8 cm³/mol. The van der Waals surface area contributed by atoms with Crippen molar-refractivity contribution in [3.63, 3.8) is 0 Å². The minimum atomic E-state index is 0.0811. The molecule has 0 aromatic carbocycles. The fourth-order valence-corrected chi connectivity index (χ4v) is 1.27. The first-order chi connectivity index (χ1) is 4.70. The molecule has 3 heteroatoms. The van der Waals surface area contributed by atoms with Crippen LogP contribution in [0.1, 0.15) is 20.3 Å². The van der Waals surface area contributed by atoms with Crippen molar-refractivity contribution in [3.8, 4) is 6.07 Å². The van der Waals surface area contributed by atoms with Crippen LogP contribution >= 0.6 is 11.8 Å². The third-order valence-corrected chi connectivity index (χ3v) is 2.49. The SMILES string of the molecule is CCC(N)CSC(C)C#N. The van der Waals surface area contributed by atoms with Gasteiger partial charge in [-0.2, -0.15) is 5.26 Å². The van der Waals surface area contributed by atoms with Crippen molar-refractivity contribution < 1.29 is 0 Å². The van der Waals surface area contributed by atoms with Crippen molar-refractivity contribution >= 4 is 11.8 Å². The van der Waals surface area contributed by atoms with Gasteiger partial charge in [0.2, 0.25) is 0 Å². The predicted octanol–water partition coefficient (Wildman–Crippen LogP) is 1.37. The van der Waals surface area contributed by atoms with E-state index in [1.807, 2.05) is 6.92 Å². The number of nitriles is 1. The van der Waals surface area contributed by atoms with E-state index in [9.17, 15) is 0 Å². The summed E-state index contributed by atoms with van der Waals surface area (Å²) in [5.41, 5.74) is 5.65. The zero-order chi connectivity index (χ0) is 7.98. The van der Waals surface area contributed by atoms with Crippen molar-refractivity contribution in [3.05, 3.63) is 0 Å². The average molecular weight is 158 g/mol. The lowest BCUT2D eigenvalue weighted by molar-refractivity contribution is 0.724. The Labute approximate surface area is 66.8 Å².